The van der Waals surface area contributed by atoms with E-state index < -0.39 is 0 Å². The lowest BCUT2D eigenvalue weighted by Gasteiger charge is -2.36. The van der Waals surface area contributed by atoms with E-state index >= 15 is 0 Å². The van der Waals surface area contributed by atoms with Crippen molar-refractivity contribution < 1.29 is 28.5 Å². The van der Waals surface area contributed by atoms with Crippen molar-refractivity contribution in [2.24, 2.45) is 5.92 Å². The van der Waals surface area contributed by atoms with E-state index in [2.05, 4.69) is 6.92 Å². The maximum absolute atomic E-state index is 2.34. The number of unbranched alkanes of at least 4 members (excludes halogenated alkanes) is 1. The molecule has 0 aromatic rings. The minimum absolute atomic E-state index is 0. The number of halogens is 1. The third kappa shape index (κ3) is 3.86. The van der Waals surface area contributed by atoms with E-state index in [4.69, 9.17) is 0 Å². The molecular weight excluding hydrogens is 309 g/mol. The van der Waals surface area contributed by atoms with E-state index in [-0.39, 0.29) is 24.0 Å². The van der Waals surface area contributed by atoms with E-state index in [1.54, 1.807) is 0 Å². The van der Waals surface area contributed by atoms with E-state index in [1.807, 2.05) is 0 Å². The van der Waals surface area contributed by atoms with Gasteiger partial charge >= 0.3 is 0 Å². The number of rotatable bonds is 5. The normalized spacial score (nSPS) is 24.6. The zero-order valence-electron chi connectivity index (χ0n) is 10.9. The molecule has 0 radical (unpaired) electrons. The highest BCUT2D eigenvalue weighted by Gasteiger charge is 2.34. The van der Waals surface area contributed by atoms with Gasteiger partial charge in [-0.3, -0.25) is 0 Å². The minimum atomic E-state index is 0. The monoisotopic (exact) mass is 337 g/mol. The fourth-order valence-corrected chi connectivity index (χ4v) is 3.74. The molecule has 0 aromatic carbocycles. The van der Waals surface area contributed by atoms with Crippen LogP contribution in [-0.2, 0) is 0 Å². The molecule has 1 nitrogen and oxygen atoms in total. The van der Waals surface area contributed by atoms with Gasteiger partial charge in [-0.1, -0.05) is 26.2 Å². The van der Waals surface area contributed by atoms with Gasteiger partial charge in [-0.05, 0) is 19.3 Å². The van der Waals surface area contributed by atoms with Crippen LogP contribution in [0.5, 0.6) is 0 Å². The van der Waals surface area contributed by atoms with Crippen LogP contribution in [0.4, 0.5) is 0 Å². The Balaban J connectivity index is 0.00000128. The number of likely N-dealkylation sites (tertiary alicyclic amines) is 1. The Morgan fingerprint density at radius 3 is 2.19 bits per heavy atom. The first kappa shape index (κ1) is 14.7. The maximum Gasteiger partial charge on any atom is 0.0815 e. The average molecular weight is 337 g/mol. The van der Waals surface area contributed by atoms with Crippen LogP contribution in [0.25, 0.3) is 0 Å². The molecular formula is C14H28IN. The van der Waals surface area contributed by atoms with Crippen LogP contribution in [-0.4, -0.2) is 30.7 Å². The molecule has 96 valence electrons. The Morgan fingerprint density at radius 1 is 1.00 bits per heavy atom. The highest BCUT2D eigenvalue weighted by atomic mass is 127. The molecule has 0 unspecified atom stereocenters. The van der Waals surface area contributed by atoms with Gasteiger partial charge in [-0.15, -0.1) is 0 Å². The summed E-state index contributed by atoms with van der Waals surface area (Å²) < 4.78 is 1.50. The molecule has 0 aromatic heterocycles. The van der Waals surface area contributed by atoms with Crippen LogP contribution in [0.15, 0.2) is 0 Å². The summed E-state index contributed by atoms with van der Waals surface area (Å²) in [6.45, 7) is 8.34. The highest BCUT2D eigenvalue weighted by molar-refractivity contribution is 4.69. The molecule has 2 aliphatic rings. The van der Waals surface area contributed by atoms with Crippen molar-refractivity contribution in [3.05, 3.63) is 0 Å². The quantitative estimate of drug-likeness (QED) is 0.509. The molecule has 1 aliphatic heterocycles. The summed E-state index contributed by atoms with van der Waals surface area (Å²) in [5.74, 6) is 1.08. The van der Waals surface area contributed by atoms with Crippen molar-refractivity contribution in [3.63, 3.8) is 0 Å². The lowest BCUT2D eigenvalue weighted by Crippen LogP contribution is -3.00. The van der Waals surface area contributed by atoms with Crippen molar-refractivity contribution >= 4 is 0 Å². The lowest BCUT2D eigenvalue weighted by atomic mass is 10.1. The van der Waals surface area contributed by atoms with E-state index in [9.17, 15) is 0 Å². The standard InChI is InChI=1S/C14H28N.HI/c1-2-3-10-15(11-6-7-12-15)13-14-8-4-5-9-14;/h14H,2-13H2,1H3;1H/q+1;/p-1. The van der Waals surface area contributed by atoms with Gasteiger partial charge in [-0.25, -0.2) is 0 Å². The molecule has 2 fully saturated rings. The molecule has 16 heavy (non-hydrogen) atoms. The van der Waals surface area contributed by atoms with E-state index in [1.165, 1.54) is 82.0 Å². The van der Waals surface area contributed by atoms with Gasteiger partial charge in [-0.2, -0.15) is 0 Å². The van der Waals surface area contributed by atoms with Crippen molar-refractivity contribution in [2.75, 3.05) is 26.2 Å². The molecule has 0 N–H and O–H groups in total. The largest absolute Gasteiger partial charge is 1.00 e. The van der Waals surface area contributed by atoms with Crippen molar-refractivity contribution in [3.8, 4) is 0 Å². The van der Waals surface area contributed by atoms with Gasteiger partial charge in [0.2, 0.25) is 0 Å². The Hall–Kier alpha value is 0.690. The summed E-state index contributed by atoms with van der Waals surface area (Å²) in [5.41, 5.74) is 0. The average Bonchev–Trinajstić information content (AvgIpc) is 2.88. The summed E-state index contributed by atoms with van der Waals surface area (Å²) in [6.07, 6.45) is 11.9. The Morgan fingerprint density at radius 2 is 1.62 bits per heavy atom. The topological polar surface area (TPSA) is 0 Å². The summed E-state index contributed by atoms with van der Waals surface area (Å²) in [7, 11) is 0. The second kappa shape index (κ2) is 7.20. The van der Waals surface area contributed by atoms with Crippen molar-refractivity contribution in [1.29, 1.82) is 0 Å². The fourth-order valence-electron chi connectivity index (χ4n) is 3.74. The Kier molecular flexibility index (Phi) is 6.63. The summed E-state index contributed by atoms with van der Waals surface area (Å²) in [6, 6.07) is 0. The second-order valence-electron chi connectivity index (χ2n) is 5.91. The van der Waals surface area contributed by atoms with Crippen LogP contribution in [0.3, 0.4) is 0 Å². The van der Waals surface area contributed by atoms with Crippen LogP contribution < -0.4 is 24.0 Å². The van der Waals surface area contributed by atoms with Crippen LogP contribution in [0, 0.1) is 5.92 Å². The smallest absolute Gasteiger partial charge is 0.0815 e. The predicted molar refractivity (Wildman–Crippen MR) is 65.8 cm³/mol. The molecule has 0 spiro atoms. The van der Waals surface area contributed by atoms with Gasteiger partial charge in [0, 0.05) is 18.8 Å². The Bertz CT molecular complexity index is 181. The number of quaternary nitrogens is 1. The SMILES string of the molecule is CCCC[N+]1(CC2CCCC2)CCCC1.[I-]. The fraction of sp³-hybridized carbons (Fsp3) is 1.00. The molecule has 2 rings (SSSR count). The molecule has 1 saturated carbocycles. The third-order valence-electron chi connectivity index (χ3n) is 4.62. The van der Waals surface area contributed by atoms with Gasteiger partial charge < -0.3 is 28.5 Å². The van der Waals surface area contributed by atoms with E-state index in [0.717, 1.165) is 5.92 Å². The number of hydrogen-bond acceptors (Lipinski definition) is 0. The number of hydrogen-bond donors (Lipinski definition) is 0. The summed E-state index contributed by atoms with van der Waals surface area (Å²) >= 11 is 0. The van der Waals surface area contributed by atoms with Crippen molar-refractivity contribution in [1.82, 2.24) is 0 Å². The third-order valence-corrected chi connectivity index (χ3v) is 4.62. The molecule has 0 bridgehead atoms. The molecule has 1 aliphatic carbocycles. The maximum atomic E-state index is 2.34. The zero-order chi connectivity index (χ0) is 10.6. The van der Waals surface area contributed by atoms with Gasteiger partial charge in [0.1, 0.15) is 0 Å². The summed E-state index contributed by atoms with van der Waals surface area (Å²) in [4.78, 5) is 0. The van der Waals surface area contributed by atoms with Gasteiger partial charge in [0.15, 0.2) is 0 Å². The first-order chi connectivity index (χ1) is 7.35. The highest BCUT2D eigenvalue weighted by Crippen LogP contribution is 2.31. The Labute approximate surface area is 119 Å². The van der Waals surface area contributed by atoms with Gasteiger partial charge in [0.05, 0.1) is 26.2 Å². The van der Waals surface area contributed by atoms with Gasteiger partial charge in [0.25, 0.3) is 0 Å². The molecule has 1 heterocycles. The lowest BCUT2D eigenvalue weighted by molar-refractivity contribution is -0.920. The first-order valence-corrected chi connectivity index (χ1v) is 7.20. The molecule has 0 atom stereocenters. The number of nitrogens with zero attached hydrogens (tertiary/aromatic N) is 1. The van der Waals surface area contributed by atoms with Crippen LogP contribution in [0.1, 0.15) is 58.3 Å². The van der Waals surface area contributed by atoms with Crippen LogP contribution in [0.2, 0.25) is 0 Å². The molecule has 2 heteroatoms. The predicted octanol–water partition coefficient (Wildman–Crippen LogP) is 0.591. The minimum Gasteiger partial charge on any atom is -1.00 e. The second-order valence-corrected chi connectivity index (χ2v) is 5.91. The molecule has 1 saturated heterocycles. The summed E-state index contributed by atoms with van der Waals surface area (Å²) in [5, 5.41) is 0. The van der Waals surface area contributed by atoms with Crippen molar-refractivity contribution in [2.45, 2.75) is 58.3 Å². The zero-order valence-corrected chi connectivity index (χ0v) is 13.0. The molecule has 0 amide bonds. The first-order valence-electron chi connectivity index (χ1n) is 7.20. The van der Waals surface area contributed by atoms with E-state index in [0.29, 0.717) is 0 Å². The van der Waals surface area contributed by atoms with Crippen LogP contribution >= 0.6 is 0 Å².